The van der Waals surface area contributed by atoms with Crippen molar-refractivity contribution in [3.8, 4) is 0 Å². The van der Waals surface area contributed by atoms with Gasteiger partial charge in [0.1, 0.15) is 5.82 Å². The number of hydrogen-bond acceptors (Lipinski definition) is 4. The van der Waals surface area contributed by atoms with Crippen molar-refractivity contribution in [3.63, 3.8) is 0 Å². The molecule has 1 aromatic carbocycles. The number of nitrogens with one attached hydrogen (secondary N) is 2. The third kappa shape index (κ3) is 3.77. The number of benzene rings is 1. The van der Waals surface area contributed by atoms with Gasteiger partial charge in [-0.3, -0.25) is 4.72 Å². The number of rotatable bonds is 5. The molecule has 0 unspecified atom stereocenters. The molecule has 7 heteroatoms. The minimum Gasteiger partial charge on any atom is -0.316 e. The van der Waals surface area contributed by atoms with Crippen LogP contribution in [0.1, 0.15) is 11.1 Å². The van der Waals surface area contributed by atoms with Gasteiger partial charge in [-0.15, -0.1) is 0 Å². The molecule has 0 aliphatic rings. The lowest BCUT2D eigenvalue weighted by atomic mass is 10.2. The van der Waals surface area contributed by atoms with Gasteiger partial charge in [0, 0.05) is 12.7 Å². The number of aryl methyl sites for hydroxylation is 1. The summed E-state index contributed by atoms with van der Waals surface area (Å²) < 4.78 is 39.9. The molecule has 2 N–H and O–H groups in total. The van der Waals surface area contributed by atoms with Crippen LogP contribution >= 0.6 is 0 Å². The van der Waals surface area contributed by atoms with Crippen molar-refractivity contribution < 1.29 is 12.8 Å². The number of sulfonamides is 1. The lowest BCUT2D eigenvalue weighted by molar-refractivity contribution is 0.597. The maximum absolute atomic E-state index is 13.0. The molecule has 1 aromatic heterocycles. The third-order valence-electron chi connectivity index (χ3n) is 2.89. The average molecular weight is 309 g/mol. The van der Waals surface area contributed by atoms with Gasteiger partial charge < -0.3 is 5.32 Å². The van der Waals surface area contributed by atoms with E-state index in [9.17, 15) is 12.8 Å². The van der Waals surface area contributed by atoms with Crippen LogP contribution in [0, 0.1) is 12.7 Å². The van der Waals surface area contributed by atoms with Gasteiger partial charge in [0.15, 0.2) is 5.03 Å². The molecular weight excluding hydrogens is 293 g/mol. The molecule has 0 bridgehead atoms. The summed E-state index contributed by atoms with van der Waals surface area (Å²) in [7, 11) is -1.99. The largest absolute Gasteiger partial charge is 0.316 e. The van der Waals surface area contributed by atoms with Crippen LogP contribution in [0.4, 0.5) is 10.1 Å². The summed E-state index contributed by atoms with van der Waals surface area (Å²) in [6, 6.07) is 6.98. The van der Waals surface area contributed by atoms with E-state index in [2.05, 4.69) is 15.0 Å². The van der Waals surface area contributed by atoms with Crippen LogP contribution in [0.15, 0.2) is 41.6 Å². The van der Waals surface area contributed by atoms with Crippen molar-refractivity contribution in [3.05, 3.63) is 53.5 Å². The van der Waals surface area contributed by atoms with Gasteiger partial charge >= 0.3 is 0 Å². The van der Waals surface area contributed by atoms with Gasteiger partial charge in [0.25, 0.3) is 10.0 Å². The fourth-order valence-electron chi connectivity index (χ4n) is 1.82. The Kier molecular flexibility index (Phi) is 4.54. The smallest absolute Gasteiger partial charge is 0.279 e. The van der Waals surface area contributed by atoms with E-state index >= 15 is 0 Å². The molecule has 2 aromatic rings. The van der Waals surface area contributed by atoms with E-state index in [0.717, 1.165) is 5.56 Å². The zero-order valence-electron chi connectivity index (χ0n) is 11.7. The minimum absolute atomic E-state index is 0.0777. The molecule has 21 heavy (non-hydrogen) atoms. The average Bonchev–Trinajstić information content (AvgIpc) is 2.43. The molecule has 0 amide bonds. The Morgan fingerprint density at radius 3 is 2.57 bits per heavy atom. The van der Waals surface area contributed by atoms with E-state index in [0.29, 0.717) is 17.8 Å². The summed E-state index contributed by atoms with van der Waals surface area (Å²) in [5, 5.41) is 2.88. The molecule has 0 spiro atoms. The Morgan fingerprint density at radius 1 is 1.24 bits per heavy atom. The molecule has 0 fully saturated rings. The minimum atomic E-state index is -3.78. The maximum Gasteiger partial charge on any atom is 0.279 e. The molecule has 0 saturated heterocycles. The number of nitrogens with zero attached hydrogens (tertiary/aromatic N) is 1. The van der Waals surface area contributed by atoms with Crippen molar-refractivity contribution in [2.24, 2.45) is 0 Å². The van der Waals surface area contributed by atoms with Crippen LogP contribution in [-0.2, 0) is 16.6 Å². The van der Waals surface area contributed by atoms with Gasteiger partial charge in [-0.1, -0.05) is 6.07 Å². The van der Waals surface area contributed by atoms with Gasteiger partial charge in [0.05, 0.1) is 5.69 Å². The van der Waals surface area contributed by atoms with E-state index < -0.39 is 15.8 Å². The summed E-state index contributed by atoms with van der Waals surface area (Å²) in [5.41, 5.74) is 1.72. The molecule has 0 aliphatic carbocycles. The van der Waals surface area contributed by atoms with E-state index in [1.165, 1.54) is 30.5 Å². The first kappa shape index (κ1) is 15.4. The molecular formula is C14H16FN3O2S. The molecule has 5 nitrogen and oxygen atoms in total. The predicted octanol–water partition coefficient (Wildman–Crippen LogP) is 2.05. The van der Waals surface area contributed by atoms with Crippen LogP contribution in [0.25, 0.3) is 0 Å². The highest BCUT2D eigenvalue weighted by Crippen LogP contribution is 2.19. The molecule has 1 heterocycles. The van der Waals surface area contributed by atoms with Gasteiger partial charge in [-0.2, -0.15) is 8.42 Å². The summed E-state index contributed by atoms with van der Waals surface area (Å²) in [6.07, 6.45) is 1.50. The fraction of sp³-hybridized carbons (Fsp3) is 0.214. The lowest BCUT2D eigenvalue weighted by Crippen LogP contribution is -2.15. The summed E-state index contributed by atoms with van der Waals surface area (Å²) in [4.78, 5) is 3.95. The van der Waals surface area contributed by atoms with Crippen molar-refractivity contribution in [1.29, 1.82) is 0 Å². The van der Waals surface area contributed by atoms with E-state index in [4.69, 9.17) is 0 Å². The van der Waals surface area contributed by atoms with Gasteiger partial charge in [-0.25, -0.2) is 9.37 Å². The number of aromatic nitrogens is 1. The Labute approximate surface area is 123 Å². The van der Waals surface area contributed by atoms with Crippen LogP contribution < -0.4 is 10.0 Å². The van der Waals surface area contributed by atoms with Crippen molar-refractivity contribution >= 4 is 15.7 Å². The normalized spacial score (nSPS) is 11.4. The zero-order chi connectivity index (χ0) is 15.5. The number of halogens is 1. The van der Waals surface area contributed by atoms with E-state index in [1.54, 1.807) is 20.0 Å². The highest BCUT2D eigenvalue weighted by atomic mass is 32.2. The second-order valence-corrected chi connectivity index (χ2v) is 6.23. The fourth-order valence-corrected chi connectivity index (χ4v) is 2.88. The number of hydrogen-bond donors (Lipinski definition) is 2. The van der Waals surface area contributed by atoms with Gasteiger partial charge in [0.2, 0.25) is 0 Å². The molecule has 0 saturated carbocycles. The van der Waals surface area contributed by atoms with Crippen LogP contribution in [-0.4, -0.2) is 20.4 Å². The maximum atomic E-state index is 13.0. The third-order valence-corrected chi connectivity index (χ3v) is 4.17. The van der Waals surface area contributed by atoms with Crippen molar-refractivity contribution in [2.45, 2.75) is 18.5 Å². The predicted molar refractivity (Wildman–Crippen MR) is 78.9 cm³/mol. The van der Waals surface area contributed by atoms with Crippen LogP contribution in [0.3, 0.4) is 0 Å². The highest BCUT2D eigenvalue weighted by molar-refractivity contribution is 7.92. The summed E-state index contributed by atoms with van der Waals surface area (Å²) in [5.74, 6) is -0.412. The Bertz CT molecular complexity index is 730. The van der Waals surface area contributed by atoms with Crippen molar-refractivity contribution in [2.75, 3.05) is 11.8 Å². The molecule has 0 aliphatic heterocycles. The van der Waals surface area contributed by atoms with E-state index in [1.807, 2.05) is 0 Å². The van der Waals surface area contributed by atoms with Crippen LogP contribution in [0.2, 0.25) is 0 Å². The monoisotopic (exact) mass is 309 g/mol. The number of pyridine rings is 1. The Morgan fingerprint density at radius 2 is 2.00 bits per heavy atom. The SMILES string of the molecule is CNCc1ccc(S(=O)(=O)Nc2ccc(F)cc2C)nc1. The molecule has 2 rings (SSSR count). The summed E-state index contributed by atoms with van der Waals surface area (Å²) >= 11 is 0. The Hall–Kier alpha value is -1.99. The van der Waals surface area contributed by atoms with Crippen LogP contribution in [0.5, 0.6) is 0 Å². The second-order valence-electron chi connectivity index (χ2n) is 4.60. The Balaban J connectivity index is 2.25. The highest BCUT2D eigenvalue weighted by Gasteiger charge is 2.16. The topological polar surface area (TPSA) is 71.1 Å². The quantitative estimate of drug-likeness (QED) is 0.887. The first-order valence-electron chi connectivity index (χ1n) is 6.31. The summed E-state index contributed by atoms with van der Waals surface area (Å²) in [6.45, 7) is 2.24. The molecule has 0 radical (unpaired) electrons. The zero-order valence-corrected chi connectivity index (χ0v) is 12.5. The second kappa shape index (κ2) is 6.19. The first-order chi connectivity index (χ1) is 9.92. The van der Waals surface area contributed by atoms with E-state index in [-0.39, 0.29) is 5.03 Å². The molecule has 112 valence electrons. The number of anilines is 1. The standard InChI is InChI=1S/C14H16FN3O2S/c1-10-7-12(15)4-5-13(10)18-21(19,20)14-6-3-11(8-16-2)9-17-14/h3-7,9,16,18H,8H2,1-2H3. The van der Waals surface area contributed by atoms with Gasteiger partial charge in [-0.05, 0) is 49.4 Å². The first-order valence-corrected chi connectivity index (χ1v) is 7.79. The van der Waals surface area contributed by atoms with Crippen molar-refractivity contribution in [1.82, 2.24) is 10.3 Å². The lowest BCUT2D eigenvalue weighted by Gasteiger charge is -2.10. The molecule has 0 atom stereocenters.